The van der Waals surface area contributed by atoms with Gasteiger partial charge in [0.1, 0.15) is 29.3 Å². The molecule has 0 radical (unpaired) electrons. The molecular formula is C29H32N4O4. The Balaban J connectivity index is 1.30. The van der Waals surface area contributed by atoms with Gasteiger partial charge in [-0.1, -0.05) is 38.1 Å². The van der Waals surface area contributed by atoms with Crippen LogP contribution < -0.4 is 14.8 Å². The smallest absolute Gasteiger partial charge is 0.407 e. The van der Waals surface area contributed by atoms with Gasteiger partial charge in [-0.2, -0.15) is 5.26 Å². The molecular weight excluding hydrogens is 468 g/mol. The largest absolute Gasteiger partial charge is 0.490 e. The summed E-state index contributed by atoms with van der Waals surface area (Å²) in [5, 5.41) is 19.4. The van der Waals surface area contributed by atoms with Crippen molar-refractivity contribution in [3.63, 3.8) is 0 Å². The lowest BCUT2D eigenvalue weighted by Crippen LogP contribution is -2.50. The second-order valence-corrected chi connectivity index (χ2v) is 10.7. The highest BCUT2D eigenvalue weighted by Crippen LogP contribution is 2.34. The summed E-state index contributed by atoms with van der Waals surface area (Å²) >= 11 is 0. The van der Waals surface area contributed by atoms with E-state index >= 15 is 0 Å². The maximum absolute atomic E-state index is 11.9. The third-order valence-corrected chi connectivity index (χ3v) is 6.25. The van der Waals surface area contributed by atoms with Crippen molar-refractivity contribution < 1.29 is 19.0 Å². The van der Waals surface area contributed by atoms with Crippen molar-refractivity contribution in [1.82, 2.24) is 15.5 Å². The maximum atomic E-state index is 11.9. The molecule has 1 heterocycles. The van der Waals surface area contributed by atoms with Gasteiger partial charge in [0.05, 0.1) is 0 Å². The lowest BCUT2D eigenvalue weighted by molar-refractivity contribution is 0.0363. The number of nitrogens with zero attached hydrogens (tertiary/aromatic N) is 3. The highest BCUT2D eigenvalue weighted by atomic mass is 16.6. The van der Waals surface area contributed by atoms with Crippen LogP contribution in [0.5, 0.6) is 17.4 Å². The average Bonchev–Trinajstić information content (AvgIpc) is 2.83. The highest BCUT2D eigenvalue weighted by Gasteiger charge is 2.33. The molecule has 37 heavy (non-hydrogen) atoms. The number of nitrogens with one attached hydrogen (secondary N) is 1. The number of rotatable bonds is 7. The Bertz CT molecular complexity index is 1250. The second kappa shape index (κ2) is 10.5. The van der Waals surface area contributed by atoms with Gasteiger partial charge >= 0.3 is 6.09 Å². The van der Waals surface area contributed by atoms with Crippen LogP contribution in [-0.4, -0.2) is 34.0 Å². The van der Waals surface area contributed by atoms with Gasteiger partial charge in [-0.05, 0) is 62.2 Å². The predicted molar refractivity (Wildman–Crippen MR) is 139 cm³/mol. The first kappa shape index (κ1) is 26.0. The summed E-state index contributed by atoms with van der Waals surface area (Å²) in [6.07, 6.45) is 1.21. The van der Waals surface area contributed by atoms with E-state index in [0.29, 0.717) is 11.6 Å². The van der Waals surface area contributed by atoms with E-state index in [9.17, 15) is 4.79 Å². The third-order valence-electron chi connectivity index (χ3n) is 6.25. The first-order valence-corrected chi connectivity index (χ1v) is 12.3. The van der Waals surface area contributed by atoms with E-state index in [2.05, 4.69) is 41.5 Å². The van der Waals surface area contributed by atoms with Gasteiger partial charge in [-0.15, -0.1) is 10.2 Å². The molecule has 0 unspecified atom stereocenters. The monoisotopic (exact) mass is 500 g/mol. The lowest BCUT2D eigenvalue weighted by atomic mass is 9.78. The van der Waals surface area contributed by atoms with Crippen LogP contribution in [0.1, 0.15) is 64.3 Å². The first-order chi connectivity index (χ1) is 17.5. The lowest BCUT2D eigenvalue weighted by Gasteiger charge is -2.36. The molecule has 0 atom stereocenters. The molecule has 1 aliphatic rings. The second-order valence-electron chi connectivity index (χ2n) is 10.7. The summed E-state index contributed by atoms with van der Waals surface area (Å²) in [7, 11) is 0. The summed E-state index contributed by atoms with van der Waals surface area (Å²) in [5.41, 5.74) is 1.80. The molecule has 192 valence electrons. The number of aromatic nitrogens is 2. The Labute approximate surface area is 217 Å². The zero-order valence-electron chi connectivity index (χ0n) is 21.8. The summed E-state index contributed by atoms with van der Waals surface area (Å²) in [5.74, 6) is 1.79. The molecule has 8 nitrogen and oxygen atoms in total. The van der Waals surface area contributed by atoms with Crippen molar-refractivity contribution in [3.05, 3.63) is 77.5 Å². The van der Waals surface area contributed by atoms with Crippen LogP contribution in [0.25, 0.3) is 0 Å². The molecule has 0 bridgehead atoms. The predicted octanol–water partition coefficient (Wildman–Crippen LogP) is 5.90. The quantitative estimate of drug-likeness (QED) is 0.430. The standard InChI is InChI=1S/C29H32N4O4/c1-28(2,3)37-27(34)31-22-16-25(17-22)35-23-11-6-19(7-12-23)29(4,5)20-8-13-24(14-9-20)36-26-15-10-21(18-30)32-33-26/h6-15,22,25H,16-17H2,1-5H3,(H,31,34). The Morgan fingerprint density at radius 2 is 1.49 bits per heavy atom. The van der Waals surface area contributed by atoms with Gasteiger partial charge in [0.25, 0.3) is 0 Å². The minimum atomic E-state index is -0.504. The van der Waals surface area contributed by atoms with E-state index in [1.807, 2.05) is 63.2 Å². The van der Waals surface area contributed by atoms with Crippen molar-refractivity contribution in [2.75, 3.05) is 0 Å². The van der Waals surface area contributed by atoms with E-state index in [1.54, 1.807) is 12.1 Å². The molecule has 4 rings (SSSR count). The van der Waals surface area contributed by atoms with Crippen LogP contribution in [0.2, 0.25) is 0 Å². The van der Waals surface area contributed by atoms with Crippen LogP contribution in [0.3, 0.4) is 0 Å². The van der Waals surface area contributed by atoms with Gasteiger partial charge in [0, 0.05) is 30.4 Å². The molecule has 3 aromatic rings. The van der Waals surface area contributed by atoms with Gasteiger partial charge in [0.15, 0.2) is 5.69 Å². The van der Waals surface area contributed by atoms with Crippen molar-refractivity contribution in [2.24, 2.45) is 0 Å². The van der Waals surface area contributed by atoms with E-state index in [1.165, 1.54) is 0 Å². The van der Waals surface area contributed by atoms with Crippen molar-refractivity contribution >= 4 is 6.09 Å². The molecule has 8 heteroatoms. The third kappa shape index (κ3) is 6.76. The summed E-state index contributed by atoms with van der Waals surface area (Å²) in [6.45, 7) is 9.89. The van der Waals surface area contributed by atoms with Gasteiger partial charge in [0.2, 0.25) is 5.88 Å². The highest BCUT2D eigenvalue weighted by molar-refractivity contribution is 5.68. The van der Waals surface area contributed by atoms with E-state index in [-0.39, 0.29) is 29.3 Å². The maximum Gasteiger partial charge on any atom is 0.407 e. The summed E-state index contributed by atoms with van der Waals surface area (Å²) in [4.78, 5) is 11.9. The normalized spacial score (nSPS) is 17.2. The van der Waals surface area contributed by atoms with Crippen molar-refractivity contribution in [2.45, 2.75) is 70.6 Å². The van der Waals surface area contributed by atoms with Crippen LogP contribution in [0, 0.1) is 11.3 Å². The molecule has 1 aromatic heterocycles. The fraction of sp³-hybridized carbons (Fsp3) is 0.379. The molecule has 1 aliphatic carbocycles. The Morgan fingerprint density at radius 1 is 0.892 bits per heavy atom. The number of ether oxygens (including phenoxy) is 3. The summed E-state index contributed by atoms with van der Waals surface area (Å²) < 4.78 is 17.1. The number of alkyl carbamates (subject to hydrolysis) is 1. The fourth-order valence-electron chi connectivity index (χ4n) is 4.06. The zero-order chi connectivity index (χ0) is 26.6. The van der Waals surface area contributed by atoms with E-state index < -0.39 is 5.60 Å². The van der Waals surface area contributed by atoms with Crippen molar-refractivity contribution in [1.29, 1.82) is 5.26 Å². The van der Waals surface area contributed by atoms with Crippen LogP contribution in [0.4, 0.5) is 4.79 Å². The molecule has 1 N–H and O–H groups in total. The molecule has 2 aromatic carbocycles. The van der Waals surface area contributed by atoms with Crippen molar-refractivity contribution in [3.8, 4) is 23.4 Å². The first-order valence-electron chi connectivity index (χ1n) is 12.3. The van der Waals surface area contributed by atoms with Crippen LogP contribution in [0.15, 0.2) is 60.7 Å². The van der Waals surface area contributed by atoms with Crippen LogP contribution in [-0.2, 0) is 10.2 Å². The molecule has 1 fully saturated rings. The van der Waals surface area contributed by atoms with E-state index in [4.69, 9.17) is 19.5 Å². The number of hydrogen-bond acceptors (Lipinski definition) is 7. The molecule has 1 saturated carbocycles. The van der Waals surface area contributed by atoms with Gasteiger partial charge < -0.3 is 19.5 Å². The molecule has 0 aliphatic heterocycles. The summed E-state index contributed by atoms with van der Waals surface area (Å²) in [6, 6.07) is 21.2. The van der Waals surface area contributed by atoms with Gasteiger partial charge in [-0.25, -0.2) is 4.79 Å². The Morgan fingerprint density at radius 3 is 2.00 bits per heavy atom. The number of benzene rings is 2. The minimum Gasteiger partial charge on any atom is -0.490 e. The Kier molecular flexibility index (Phi) is 7.35. The van der Waals surface area contributed by atoms with E-state index in [0.717, 1.165) is 29.7 Å². The van der Waals surface area contributed by atoms with Crippen LogP contribution >= 0.6 is 0 Å². The average molecular weight is 501 g/mol. The topological polar surface area (TPSA) is 106 Å². The fourth-order valence-corrected chi connectivity index (χ4v) is 4.06. The van der Waals surface area contributed by atoms with Gasteiger partial charge in [-0.3, -0.25) is 0 Å². The molecule has 1 amide bonds. The number of amides is 1. The minimum absolute atomic E-state index is 0.0761. The molecule has 0 spiro atoms. The number of carbonyl (C=O) groups excluding carboxylic acids is 1. The molecule has 0 saturated heterocycles. The number of nitriles is 1. The zero-order valence-corrected chi connectivity index (χ0v) is 21.8. The number of carbonyl (C=O) groups is 1. The Hall–Kier alpha value is -4.12. The number of hydrogen-bond donors (Lipinski definition) is 1. The SMILES string of the molecule is CC(C)(C)OC(=O)NC1CC(Oc2ccc(C(C)(C)c3ccc(Oc4ccc(C#N)nn4)cc3)cc2)C1.